The summed E-state index contributed by atoms with van der Waals surface area (Å²) in [5, 5.41) is 2.76. The lowest BCUT2D eigenvalue weighted by Gasteiger charge is -2.21. The fraction of sp³-hybridized carbons (Fsp3) is 0.417. The maximum absolute atomic E-state index is 12.6. The van der Waals surface area contributed by atoms with Gasteiger partial charge in [-0.1, -0.05) is 32.9 Å². The quantitative estimate of drug-likeness (QED) is 0.702. The summed E-state index contributed by atoms with van der Waals surface area (Å²) in [6.45, 7) is 8.82. The van der Waals surface area contributed by atoms with Crippen molar-refractivity contribution in [1.82, 2.24) is 4.90 Å². The first-order chi connectivity index (χ1) is 15.0. The van der Waals surface area contributed by atoms with Crippen LogP contribution in [-0.4, -0.2) is 44.8 Å². The van der Waals surface area contributed by atoms with E-state index in [4.69, 9.17) is 4.74 Å². The Labute approximate surface area is 190 Å². The van der Waals surface area contributed by atoms with Gasteiger partial charge in [0.25, 0.3) is 15.9 Å². The number of hydrogen-bond donors (Lipinski definition) is 1. The van der Waals surface area contributed by atoms with E-state index in [0.717, 1.165) is 18.5 Å². The number of rotatable bonds is 6. The normalized spacial score (nSPS) is 16.8. The van der Waals surface area contributed by atoms with Gasteiger partial charge in [-0.25, -0.2) is 0 Å². The van der Waals surface area contributed by atoms with Crippen molar-refractivity contribution in [1.29, 1.82) is 0 Å². The Morgan fingerprint density at radius 1 is 1.16 bits per heavy atom. The number of amidine groups is 1. The highest BCUT2D eigenvalue weighted by Gasteiger charge is 2.21. The second kappa shape index (κ2) is 9.32. The predicted molar refractivity (Wildman–Crippen MR) is 127 cm³/mol. The van der Waals surface area contributed by atoms with E-state index in [-0.39, 0.29) is 16.2 Å². The van der Waals surface area contributed by atoms with Crippen molar-refractivity contribution in [3.05, 3.63) is 54.1 Å². The summed E-state index contributed by atoms with van der Waals surface area (Å²) in [4.78, 5) is 14.5. The molecule has 1 heterocycles. The lowest BCUT2D eigenvalue weighted by molar-refractivity contribution is -0.122. The number of nitrogens with zero attached hydrogens (tertiary/aromatic N) is 2. The summed E-state index contributed by atoms with van der Waals surface area (Å²) in [5.41, 5.74) is 1.58. The van der Waals surface area contributed by atoms with Crippen LogP contribution in [0.2, 0.25) is 0 Å². The number of sulfonamides is 1. The molecular weight excluding hydrogens is 426 g/mol. The van der Waals surface area contributed by atoms with Gasteiger partial charge in [0, 0.05) is 25.7 Å². The standard InChI is InChI=1S/C24H31N3O4S/c1-17(31-20-9-6-8-18(16-20)24(2,3)4)23(28)25-19-11-13-21(14-12-19)32(29,30)26-22-10-7-15-27(22)5/h6,8-9,11-14,16-17H,7,10,15H2,1-5H3,(H,25,28)/b26-22+. The van der Waals surface area contributed by atoms with Gasteiger partial charge in [0.05, 0.1) is 4.90 Å². The van der Waals surface area contributed by atoms with Crippen molar-refractivity contribution in [2.75, 3.05) is 18.9 Å². The van der Waals surface area contributed by atoms with E-state index in [9.17, 15) is 13.2 Å². The van der Waals surface area contributed by atoms with Gasteiger partial charge < -0.3 is 15.0 Å². The van der Waals surface area contributed by atoms with Crippen LogP contribution in [0.5, 0.6) is 5.75 Å². The van der Waals surface area contributed by atoms with Gasteiger partial charge in [-0.05, 0) is 60.7 Å². The fourth-order valence-corrected chi connectivity index (χ4v) is 4.44. The molecule has 2 aromatic rings. The largest absolute Gasteiger partial charge is 0.481 e. The first-order valence-corrected chi connectivity index (χ1v) is 12.1. The van der Waals surface area contributed by atoms with Crippen molar-refractivity contribution in [2.24, 2.45) is 4.40 Å². The van der Waals surface area contributed by atoms with Crippen molar-refractivity contribution in [3.8, 4) is 5.75 Å². The average Bonchev–Trinajstić information content (AvgIpc) is 3.11. The highest BCUT2D eigenvalue weighted by atomic mass is 32.2. The van der Waals surface area contributed by atoms with E-state index in [1.165, 1.54) is 12.1 Å². The van der Waals surface area contributed by atoms with Gasteiger partial charge in [0.15, 0.2) is 6.10 Å². The molecule has 1 aliphatic heterocycles. The summed E-state index contributed by atoms with van der Waals surface area (Å²) in [5.74, 6) is 0.871. The lowest BCUT2D eigenvalue weighted by Crippen LogP contribution is -2.30. The number of ether oxygens (including phenoxy) is 1. The minimum absolute atomic E-state index is 0.0229. The summed E-state index contributed by atoms with van der Waals surface area (Å²) >= 11 is 0. The van der Waals surface area contributed by atoms with E-state index in [2.05, 4.69) is 30.5 Å². The topological polar surface area (TPSA) is 88.1 Å². The monoisotopic (exact) mass is 457 g/mol. The number of carbonyl (C=O) groups is 1. The molecule has 0 spiro atoms. The van der Waals surface area contributed by atoms with Gasteiger partial charge in [-0.15, -0.1) is 4.40 Å². The molecule has 1 saturated heterocycles. The molecule has 1 unspecified atom stereocenters. The number of anilines is 1. The predicted octanol–water partition coefficient (Wildman–Crippen LogP) is 4.20. The molecule has 3 rings (SSSR count). The minimum Gasteiger partial charge on any atom is -0.481 e. The summed E-state index contributed by atoms with van der Waals surface area (Å²) in [6.07, 6.45) is 0.828. The van der Waals surface area contributed by atoms with Gasteiger partial charge in [-0.2, -0.15) is 8.42 Å². The van der Waals surface area contributed by atoms with E-state index in [1.54, 1.807) is 19.1 Å². The molecule has 0 aromatic heterocycles. The van der Waals surface area contributed by atoms with E-state index in [1.807, 2.05) is 36.2 Å². The highest BCUT2D eigenvalue weighted by Crippen LogP contribution is 2.26. The molecule has 32 heavy (non-hydrogen) atoms. The third-order valence-electron chi connectivity index (χ3n) is 5.36. The van der Waals surface area contributed by atoms with Crippen LogP contribution < -0.4 is 10.1 Å². The first-order valence-electron chi connectivity index (χ1n) is 10.7. The average molecular weight is 458 g/mol. The van der Waals surface area contributed by atoms with Crippen LogP contribution in [0.3, 0.4) is 0 Å². The molecule has 0 aliphatic carbocycles. The second-order valence-corrected chi connectivity index (χ2v) is 10.7. The van der Waals surface area contributed by atoms with Crippen LogP contribution in [0.4, 0.5) is 5.69 Å². The van der Waals surface area contributed by atoms with E-state index < -0.39 is 16.1 Å². The molecule has 1 N–H and O–H groups in total. The smallest absolute Gasteiger partial charge is 0.283 e. The van der Waals surface area contributed by atoms with E-state index in [0.29, 0.717) is 23.7 Å². The van der Waals surface area contributed by atoms with Gasteiger partial charge in [0.1, 0.15) is 11.6 Å². The van der Waals surface area contributed by atoms with Gasteiger partial charge >= 0.3 is 0 Å². The van der Waals surface area contributed by atoms with Crippen molar-refractivity contribution >= 4 is 27.5 Å². The number of carbonyl (C=O) groups excluding carboxylic acids is 1. The zero-order valence-electron chi connectivity index (χ0n) is 19.3. The molecule has 8 heteroatoms. The Balaban J connectivity index is 1.64. The molecule has 1 amide bonds. The summed E-state index contributed by atoms with van der Waals surface area (Å²) in [6, 6.07) is 13.7. The second-order valence-electron chi connectivity index (χ2n) is 9.06. The van der Waals surface area contributed by atoms with Crippen LogP contribution >= 0.6 is 0 Å². The maximum Gasteiger partial charge on any atom is 0.283 e. The Bertz CT molecular complexity index is 1100. The fourth-order valence-electron chi connectivity index (χ4n) is 3.35. The van der Waals surface area contributed by atoms with Crippen molar-refractivity contribution < 1.29 is 17.9 Å². The van der Waals surface area contributed by atoms with Crippen molar-refractivity contribution in [3.63, 3.8) is 0 Å². The van der Waals surface area contributed by atoms with Crippen LogP contribution in [0.1, 0.15) is 46.1 Å². The third-order valence-corrected chi connectivity index (χ3v) is 6.68. The maximum atomic E-state index is 12.6. The lowest BCUT2D eigenvalue weighted by atomic mass is 9.87. The molecule has 1 aliphatic rings. The molecular formula is C24H31N3O4S. The van der Waals surface area contributed by atoms with E-state index >= 15 is 0 Å². The molecule has 2 aromatic carbocycles. The molecule has 0 saturated carbocycles. The summed E-state index contributed by atoms with van der Waals surface area (Å²) in [7, 11) is -1.95. The van der Waals surface area contributed by atoms with Gasteiger partial charge in [0.2, 0.25) is 0 Å². The van der Waals surface area contributed by atoms with Crippen molar-refractivity contribution in [2.45, 2.75) is 57.0 Å². The zero-order chi connectivity index (χ0) is 23.5. The van der Waals surface area contributed by atoms with Crippen LogP contribution in [0.25, 0.3) is 0 Å². The SMILES string of the molecule is CC(Oc1cccc(C(C)(C)C)c1)C(=O)Nc1ccc(S(=O)(=O)/N=C2\CCCN2C)cc1. The third kappa shape index (κ3) is 5.88. The number of nitrogens with one attached hydrogen (secondary N) is 1. The van der Waals surface area contributed by atoms with Crippen LogP contribution in [0.15, 0.2) is 57.8 Å². The Kier molecular flexibility index (Phi) is 6.93. The number of benzene rings is 2. The molecule has 0 bridgehead atoms. The Morgan fingerprint density at radius 2 is 1.84 bits per heavy atom. The Morgan fingerprint density at radius 3 is 2.44 bits per heavy atom. The number of amides is 1. The van der Waals surface area contributed by atoms with Crippen LogP contribution in [0, 0.1) is 0 Å². The zero-order valence-corrected chi connectivity index (χ0v) is 20.1. The molecule has 1 atom stereocenters. The minimum atomic E-state index is -3.79. The first kappa shape index (κ1) is 23.8. The molecule has 7 nitrogen and oxygen atoms in total. The summed E-state index contributed by atoms with van der Waals surface area (Å²) < 4.78 is 34.9. The van der Waals surface area contributed by atoms with Gasteiger partial charge in [-0.3, -0.25) is 4.79 Å². The highest BCUT2D eigenvalue weighted by molar-refractivity contribution is 7.90. The molecule has 1 fully saturated rings. The number of hydrogen-bond acceptors (Lipinski definition) is 4. The molecule has 0 radical (unpaired) electrons. The number of likely N-dealkylation sites (tertiary alicyclic amines) is 1. The van der Waals surface area contributed by atoms with Crippen LogP contribution in [-0.2, 0) is 20.2 Å². The Hall–Kier alpha value is -2.87. The molecule has 172 valence electrons.